The molecule has 0 fully saturated rings. The van der Waals surface area contributed by atoms with E-state index in [-0.39, 0.29) is 6.54 Å². The first-order valence-corrected chi connectivity index (χ1v) is 7.53. The van der Waals surface area contributed by atoms with Gasteiger partial charge in [0.25, 0.3) is 0 Å². The van der Waals surface area contributed by atoms with Gasteiger partial charge >= 0.3 is 0 Å². The second-order valence-corrected chi connectivity index (χ2v) is 5.56. The van der Waals surface area contributed by atoms with Crippen molar-refractivity contribution in [3.05, 3.63) is 28.1 Å². The van der Waals surface area contributed by atoms with Gasteiger partial charge in [-0.25, -0.2) is 0 Å². The standard InChI is InChI=1S/C15H18ClN3O2/c1-20-14-11(15-18-12(8-17)21-19-15)7-9-5-3-2-4-6-10(9)13(14)16/h7H,2-6,8,17H2,1H3. The molecule has 2 N–H and O–H groups in total. The van der Waals surface area contributed by atoms with E-state index >= 15 is 0 Å². The largest absolute Gasteiger partial charge is 0.494 e. The summed E-state index contributed by atoms with van der Waals surface area (Å²) in [5.41, 5.74) is 8.74. The third-order valence-electron chi connectivity index (χ3n) is 3.88. The number of ether oxygens (including phenoxy) is 1. The Balaban J connectivity index is 2.15. The number of halogens is 1. The number of rotatable bonds is 3. The van der Waals surface area contributed by atoms with Gasteiger partial charge in [-0.05, 0) is 42.9 Å². The fourth-order valence-corrected chi connectivity index (χ4v) is 3.22. The average Bonchev–Trinajstić information content (AvgIpc) is 2.85. The number of methoxy groups -OCH3 is 1. The van der Waals surface area contributed by atoms with Crippen LogP contribution in [0.25, 0.3) is 11.4 Å². The van der Waals surface area contributed by atoms with Crippen LogP contribution in [0.15, 0.2) is 10.6 Å². The predicted octanol–water partition coefficient (Wildman–Crippen LogP) is 3.13. The summed E-state index contributed by atoms with van der Waals surface area (Å²) < 4.78 is 10.6. The van der Waals surface area contributed by atoms with Crippen molar-refractivity contribution >= 4 is 11.6 Å². The van der Waals surface area contributed by atoms with Crippen molar-refractivity contribution in [2.75, 3.05) is 7.11 Å². The lowest BCUT2D eigenvalue weighted by Gasteiger charge is -2.15. The first-order valence-electron chi connectivity index (χ1n) is 7.16. The number of fused-ring (bicyclic) bond motifs is 1. The molecule has 1 aliphatic carbocycles. The summed E-state index contributed by atoms with van der Waals surface area (Å²) in [6.07, 6.45) is 5.57. The van der Waals surface area contributed by atoms with Gasteiger partial charge in [0.15, 0.2) is 0 Å². The minimum atomic E-state index is 0.216. The normalized spacial score (nSPS) is 14.6. The van der Waals surface area contributed by atoms with Crippen molar-refractivity contribution in [2.45, 2.75) is 38.6 Å². The van der Waals surface area contributed by atoms with Crippen LogP contribution in [0.3, 0.4) is 0 Å². The van der Waals surface area contributed by atoms with Crippen LogP contribution in [0.5, 0.6) is 5.75 Å². The average molecular weight is 308 g/mol. The maximum Gasteiger partial charge on any atom is 0.240 e. The summed E-state index contributed by atoms with van der Waals surface area (Å²) in [4.78, 5) is 4.28. The highest BCUT2D eigenvalue weighted by Crippen LogP contribution is 2.41. The van der Waals surface area contributed by atoms with Gasteiger partial charge in [0.2, 0.25) is 11.7 Å². The molecule has 0 saturated heterocycles. The first kappa shape index (κ1) is 14.4. The lowest BCUT2D eigenvalue weighted by molar-refractivity contribution is 0.380. The molecule has 112 valence electrons. The van der Waals surface area contributed by atoms with Gasteiger partial charge in [-0.1, -0.05) is 23.2 Å². The second-order valence-electron chi connectivity index (χ2n) is 5.19. The SMILES string of the molecule is COc1c(-c2noc(CN)n2)cc2c(c1Cl)CCCCC2. The highest BCUT2D eigenvalue weighted by atomic mass is 35.5. The summed E-state index contributed by atoms with van der Waals surface area (Å²) in [7, 11) is 1.61. The Morgan fingerprint density at radius 3 is 2.86 bits per heavy atom. The molecule has 1 aromatic heterocycles. The molecule has 0 aliphatic heterocycles. The van der Waals surface area contributed by atoms with Crippen LogP contribution < -0.4 is 10.5 Å². The van der Waals surface area contributed by atoms with E-state index in [0.29, 0.717) is 22.5 Å². The number of aryl methyl sites for hydroxylation is 1. The fourth-order valence-electron chi connectivity index (χ4n) is 2.82. The third kappa shape index (κ3) is 2.63. The molecule has 1 heterocycles. The summed E-state index contributed by atoms with van der Waals surface area (Å²) in [6, 6.07) is 2.08. The van der Waals surface area contributed by atoms with Gasteiger partial charge in [-0.15, -0.1) is 0 Å². The molecular formula is C15H18ClN3O2. The Morgan fingerprint density at radius 2 is 2.14 bits per heavy atom. The molecule has 0 atom stereocenters. The van der Waals surface area contributed by atoms with E-state index in [4.69, 9.17) is 26.6 Å². The lowest BCUT2D eigenvalue weighted by Crippen LogP contribution is -2.00. The fraction of sp³-hybridized carbons (Fsp3) is 0.467. The minimum absolute atomic E-state index is 0.216. The number of nitrogens with zero attached hydrogens (tertiary/aromatic N) is 2. The van der Waals surface area contributed by atoms with Crippen molar-refractivity contribution in [2.24, 2.45) is 5.73 Å². The Hall–Kier alpha value is -1.59. The van der Waals surface area contributed by atoms with Gasteiger partial charge in [0, 0.05) is 0 Å². The molecule has 21 heavy (non-hydrogen) atoms. The number of hydrogen-bond donors (Lipinski definition) is 1. The van der Waals surface area contributed by atoms with Crippen LogP contribution in [-0.2, 0) is 19.4 Å². The van der Waals surface area contributed by atoms with Crippen LogP contribution in [-0.4, -0.2) is 17.3 Å². The van der Waals surface area contributed by atoms with Crippen LogP contribution in [0, 0.1) is 0 Å². The first-order chi connectivity index (χ1) is 10.2. The van der Waals surface area contributed by atoms with Gasteiger partial charge in [0.05, 0.1) is 24.2 Å². The van der Waals surface area contributed by atoms with Crippen molar-refractivity contribution in [3.63, 3.8) is 0 Å². The summed E-state index contributed by atoms with van der Waals surface area (Å²) in [5, 5.41) is 4.65. The molecule has 0 radical (unpaired) electrons. The molecule has 0 spiro atoms. The highest BCUT2D eigenvalue weighted by molar-refractivity contribution is 6.33. The van der Waals surface area contributed by atoms with Crippen LogP contribution in [0.1, 0.15) is 36.3 Å². The Labute approximate surface area is 128 Å². The Kier molecular flexibility index (Phi) is 4.12. The van der Waals surface area contributed by atoms with Gasteiger partial charge in [-0.3, -0.25) is 0 Å². The highest BCUT2D eigenvalue weighted by Gasteiger charge is 2.22. The smallest absolute Gasteiger partial charge is 0.240 e. The van der Waals surface area contributed by atoms with E-state index in [1.165, 1.54) is 24.0 Å². The Morgan fingerprint density at radius 1 is 1.33 bits per heavy atom. The Bertz CT molecular complexity index is 655. The molecule has 6 heteroatoms. The van der Waals surface area contributed by atoms with E-state index < -0.39 is 0 Å². The van der Waals surface area contributed by atoms with Gasteiger partial charge in [-0.2, -0.15) is 4.98 Å². The van der Waals surface area contributed by atoms with Crippen molar-refractivity contribution in [3.8, 4) is 17.1 Å². The zero-order chi connectivity index (χ0) is 14.8. The monoisotopic (exact) mass is 307 g/mol. The zero-order valence-corrected chi connectivity index (χ0v) is 12.7. The second kappa shape index (κ2) is 6.03. The molecular weight excluding hydrogens is 290 g/mol. The lowest BCUT2D eigenvalue weighted by atomic mass is 9.98. The topological polar surface area (TPSA) is 74.2 Å². The molecule has 1 aliphatic rings. The van der Waals surface area contributed by atoms with Crippen molar-refractivity contribution < 1.29 is 9.26 Å². The van der Waals surface area contributed by atoms with E-state index in [9.17, 15) is 0 Å². The zero-order valence-electron chi connectivity index (χ0n) is 12.0. The molecule has 2 aromatic rings. The quantitative estimate of drug-likeness (QED) is 0.882. The summed E-state index contributed by atoms with van der Waals surface area (Å²) in [5.74, 6) is 1.49. The van der Waals surface area contributed by atoms with Crippen molar-refractivity contribution in [1.29, 1.82) is 0 Å². The molecule has 0 bridgehead atoms. The molecule has 5 nitrogen and oxygen atoms in total. The van der Waals surface area contributed by atoms with E-state index in [1.54, 1.807) is 7.11 Å². The van der Waals surface area contributed by atoms with Gasteiger partial charge in [0.1, 0.15) is 5.75 Å². The van der Waals surface area contributed by atoms with E-state index in [1.807, 2.05) is 0 Å². The summed E-state index contributed by atoms with van der Waals surface area (Å²) in [6.45, 7) is 0.216. The minimum Gasteiger partial charge on any atom is -0.494 e. The predicted molar refractivity (Wildman–Crippen MR) is 80.4 cm³/mol. The number of hydrogen-bond acceptors (Lipinski definition) is 5. The summed E-state index contributed by atoms with van der Waals surface area (Å²) >= 11 is 6.56. The molecule has 1 aromatic carbocycles. The van der Waals surface area contributed by atoms with Crippen LogP contribution in [0.4, 0.5) is 0 Å². The number of nitrogens with two attached hydrogens (primary N) is 1. The van der Waals surface area contributed by atoms with Gasteiger partial charge < -0.3 is 15.0 Å². The van der Waals surface area contributed by atoms with E-state index in [2.05, 4.69) is 16.2 Å². The van der Waals surface area contributed by atoms with E-state index in [0.717, 1.165) is 24.8 Å². The van der Waals surface area contributed by atoms with Crippen LogP contribution in [0.2, 0.25) is 5.02 Å². The molecule has 0 amide bonds. The maximum atomic E-state index is 6.56. The maximum absolute atomic E-state index is 6.56. The molecule has 0 saturated carbocycles. The van der Waals surface area contributed by atoms with Crippen molar-refractivity contribution in [1.82, 2.24) is 10.1 Å². The number of benzene rings is 1. The molecule has 0 unspecified atom stereocenters. The number of aromatic nitrogens is 2. The third-order valence-corrected chi connectivity index (χ3v) is 4.28. The van der Waals surface area contributed by atoms with Crippen LogP contribution >= 0.6 is 11.6 Å². The molecule has 3 rings (SSSR count).